The third kappa shape index (κ3) is 4.64. The summed E-state index contributed by atoms with van der Waals surface area (Å²) in [5.41, 5.74) is 2.55. The number of nitrogens with one attached hydrogen (secondary N) is 2. The van der Waals surface area contributed by atoms with Gasteiger partial charge in [-0.2, -0.15) is 0 Å². The highest BCUT2D eigenvalue weighted by Crippen LogP contribution is 2.47. The van der Waals surface area contributed by atoms with Crippen LogP contribution in [-0.4, -0.2) is 53.1 Å². The first-order valence-corrected chi connectivity index (χ1v) is 14.3. The molecule has 4 aliphatic rings. The van der Waals surface area contributed by atoms with E-state index < -0.39 is 21.3 Å². The molecule has 0 saturated heterocycles. The number of halogens is 1. The average molecular weight is 573 g/mol. The van der Waals surface area contributed by atoms with Crippen LogP contribution in [0.15, 0.2) is 35.5 Å². The van der Waals surface area contributed by atoms with Crippen molar-refractivity contribution < 1.29 is 18.0 Å². The number of allylic oxidation sites excluding steroid dienone is 3. The van der Waals surface area contributed by atoms with E-state index in [4.69, 9.17) is 0 Å². The fourth-order valence-electron chi connectivity index (χ4n) is 5.89. The molecular weight excluding hydrogens is 541 g/mol. The second-order valence-corrected chi connectivity index (χ2v) is 12.7. The summed E-state index contributed by atoms with van der Waals surface area (Å²) in [6, 6.07) is -0.679. The van der Waals surface area contributed by atoms with Crippen LogP contribution in [0.1, 0.15) is 52.4 Å². The molecule has 7 nitrogen and oxygen atoms in total. The number of fused-ring (bicyclic) bond motifs is 2. The maximum Gasteiger partial charge on any atom is 0.328 e. The Bertz CT molecular complexity index is 966. The SMILES string of the molecule is CCN(C(C)=O)C1CCC(S(=O)(=O)NC(=O)NC2C3C=CC=C3C=C3C(I)CCC32)CC1. The van der Waals surface area contributed by atoms with Crippen LogP contribution in [0.5, 0.6) is 0 Å². The van der Waals surface area contributed by atoms with Gasteiger partial charge in [0.15, 0.2) is 0 Å². The molecule has 0 aromatic carbocycles. The van der Waals surface area contributed by atoms with E-state index >= 15 is 0 Å². The van der Waals surface area contributed by atoms with Crippen LogP contribution < -0.4 is 10.0 Å². The second-order valence-electron chi connectivity index (χ2n) is 9.25. The number of alkyl halides is 1. The largest absolute Gasteiger partial charge is 0.340 e. The number of amides is 3. The lowest BCUT2D eigenvalue weighted by Gasteiger charge is -2.37. The van der Waals surface area contributed by atoms with Crippen molar-refractivity contribution in [2.24, 2.45) is 11.8 Å². The molecule has 4 rings (SSSR count). The number of carbonyl (C=O) groups is 2. The van der Waals surface area contributed by atoms with Gasteiger partial charge in [0, 0.05) is 41.3 Å². The zero-order valence-electron chi connectivity index (χ0n) is 18.6. The van der Waals surface area contributed by atoms with Gasteiger partial charge in [-0.15, -0.1) is 0 Å². The molecule has 32 heavy (non-hydrogen) atoms. The van der Waals surface area contributed by atoms with Crippen molar-refractivity contribution >= 4 is 44.6 Å². The molecule has 4 aliphatic carbocycles. The number of nitrogens with zero attached hydrogens (tertiary/aromatic N) is 1. The Kier molecular flexibility index (Phi) is 7.05. The summed E-state index contributed by atoms with van der Waals surface area (Å²) in [6.45, 7) is 4.11. The van der Waals surface area contributed by atoms with Gasteiger partial charge in [0.25, 0.3) is 0 Å². The van der Waals surface area contributed by atoms with Crippen molar-refractivity contribution in [1.29, 1.82) is 0 Å². The summed E-state index contributed by atoms with van der Waals surface area (Å²) in [5, 5.41) is 2.40. The van der Waals surface area contributed by atoms with Crippen LogP contribution in [-0.2, 0) is 14.8 Å². The maximum absolute atomic E-state index is 12.9. The third-order valence-electron chi connectivity index (χ3n) is 7.47. The molecule has 0 aromatic rings. The number of hydrogen-bond acceptors (Lipinski definition) is 4. The first-order valence-electron chi connectivity index (χ1n) is 11.5. The van der Waals surface area contributed by atoms with Crippen LogP contribution in [0.25, 0.3) is 0 Å². The normalized spacial score (nSPS) is 33.6. The lowest BCUT2D eigenvalue weighted by molar-refractivity contribution is -0.131. The molecule has 176 valence electrons. The van der Waals surface area contributed by atoms with E-state index in [0.29, 0.717) is 36.2 Å². The zero-order chi connectivity index (χ0) is 23.0. The number of hydrogen-bond donors (Lipinski definition) is 2. The summed E-state index contributed by atoms with van der Waals surface area (Å²) in [4.78, 5) is 26.4. The lowest BCUT2D eigenvalue weighted by atomic mass is 9.76. The molecule has 4 atom stereocenters. The number of urea groups is 1. The average Bonchev–Trinajstić information content (AvgIpc) is 3.35. The van der Waals surface area contributed by atoms with E-state index in [1.165, 1.54) is 11.1 Å². The predicted octanol–water partition coefficient (Wildman–Crippen LogP) is 3.43. The fraction of sp³-hybridized carbons (Fsp3) is 0.652. The van der Waals surface area contributed by atoms with Crippen LogP contribution in [0, 0.1) is 11.8 Å². The molecule has 2 saturated carbocycles. The topological polar surface area (TPSA) is 95.6 Å². The van der Waals surface area contributed by atoms with E-state index in [1.54, 1.807) is 11.8 Å². The Morgan fingerprint density at radius 2 is 1.88 bits per heavy atom. The van der Waals surface area contributed by atoms with Crippen molar-refractivity contribution in [2.75, 3.05) is 6.54 Å². The minimum atomic E-state index is -3.78. The summed E-state index contributed by atoms with van der Waals surface area (Å²) >= 11 is 2.46. The summed E-state index contributed by atoms with van der Waals surface area (Å²) in [6.07, 6.45) is 12.7. The monoisotopic (exact) mass is 573 g/mol. The minimum Gasteiger partial charge on any atom is -0.340 e. The summed E-state index contributed by atoms with van der Waals surface area (Å²) < 4.78 is 28.6. The van der Waals surface area contributed by atoms with Gasteiger partial charge in [-0.3, -0.25) is 4.79 Å². The van der Waals surface area contributed by atoms with E-state index in [2.05, 4.69) is 50.9 Å². The summed E-state index contributed by atoms with van der Waals surface area (Å²) in [5.74, 6) is 0.366. The highest BCUT2D eigenvalue weighted by molar-refractivity contribution is 14.1. The molecule has 2 N–H and O–H groups in total. The Morgan fingerprint density at radius 3 is 2.53 bits per heavy atom. The van der Waals surface area contributed by atoms with Crippen molar-refractivity contribution in [1.82, 2.24) is 14.9 Å². The summed E-state index contributed by atoms with van der Waals surface area (Å²) in [7, 11) is -3.78. The van der Waals surface area contributed by atoms with Crippen LogP contribution in [0.3, 0.4) is 0 Å². The quantitative estimate of drug-likeness (QED) is 0.389. The Labute approximate surface area is 204 Å². The van der Waals surface area contributed by atoms with E-state index in [0.717, 1.165) is 12.8 Å². The molecule has 0 aliphatic heterocycles. The maximum atomic E-state index is 12.9. The lowest BCUT2D eigenvalue weighted by Crippen LogP contribution is -2.53. The van der Waals surface area contributed by atoms with Crippen molar-refractivity contribution in [3.63, 3.8) is 0 Å². The Balaban J connectivity index is 1.38. The molecule has 3 amide bonds. The zero-order valence-corrected chi connectivity index (χ0v) is 21.6. The molecule has 0 spiro atoms. The Morgan fingerprint density at radius 1 is 1.16 bits per heavy atom. The fourth-order valence-corrected chi connectivity index (χ4v) is 8.27. The second kappa shape index (κ2) is 9.48. The van der Waals surface area contributed by atoms with Gasteiger partial charge in [0.05, 0.1) is 5.25 Å². The van der Waals surface area contributed by atoms with Gasteiger partial charge in [-0.1, -0.05) is 52.5 Å². The van der Waals surface area contributed by atoms with Crippen molar-refractivity contribution in [3.8, 4) is 0 Å². The van der Waals surface area contributed by atoms with Gasteiger partial charge in [-0.05, 0) is 51.0 Å². The smallest absolute Gasteiger partial charge is 0.328 e. The standard InChI is InChI=1S/C23H32IN3O4S/c1-3-27(14(2)28)16-7-9-17(10-8-16)32(30,31)26-23(29)25-22-18-6-4-5-15(18)13-20-19(22)11-12-21(20)24/h4-6,13,16-19,21-22H,3,7-12H2,1-2H3,(H2,25,26,29). The third-order valence-corrected chi connectivity index (χ3v) is 10.6. The minimum absolute atomic E-state index is 0.0206. The molecule has 0 radical (unpaired) electrons. The molecule has 0 aromatic heterocycles. The molecule has 4 unspecified atom stereocenters. The highest BCUT2D eigenvalue weighted by atomic mass is 127. The number of carbonyl (C=O) groups excluding carboxylic acids is 2. The molecule has 0 heterocycles. The van der Waals surface area contributed by atoms with Crippen molar-refractivity contribution in [3.05, 3.63) is 35.5 Å². The van der Waals surface area contributed by atoms with Gasteiger partial charge < -0.3 is 10.2 Å². The van der Waals surface area contributed by atoms with E-state index in [1.807, 2.05) is 13.0 Å². The first-order chi connectivity index (χ1) is 15.2. The van der Waals surface area contributed by atoms with Gasteiger partial charge in [-0.25, -0.2) is 17.9 Å². The highest BCUT2D eigenvalue weighted by Gasteiger charge is 2.43. The molecule has 0 bridgehead atoms. The predicted molar refractivity (Wildman–Crippen MR) is 133 cm³/mol. The van der Waals surface area contributed by atoms with Gasteiger partial charge in [0.1, 0.15) is 0 Å². The number of rotatable bonds is 5. The van der Waals surface area contributed by atoms with Gasteiger partial charge >= 0.3 is 6.03 Å². The van der Waals surface area contributed by atoms with Crippen molar-refractivity contribution in [2.45, 2.75) is 73.6 Å². The van der Waals surface area contributed by atoms with Crippen LogP contribution >= 0.6 is 22.6 Å². The van der Waals surface area contributed by atoms with Gasteiger partial charge in [0.2, 0.25) is 15.9 Å². The first kappa shape index (κ1) is 23.8. The molecular formula is C23H32IN3O4S. The molecule has 2 fully saturated rings. The Hall–Kier alpha value is -1.36. The van der Waals surface area contributed by atoms with E-state index in [-0.39, 0.29) is 29.8 Å². The molecule has 9 heteroatoms. The number of sulfonamides is 1. The van der Waals surface area contributed by atoms with E-state index in [9.17, 15) is 18.0 Å². The van der Waals surface area contributed by atoms with Crippen LogP contribution in [0.4, 0.5) is 4.79 Å². The van der Waals surface area contributed by atoms with Crippen LogP contribution in [0.2, 0.25) is 0 Å².